The third kappa shape index (κ3) is 2.83. The molecule has 0 bridgehead atoms. The molecule has 1 aliphatic heterocycles. The first-order valence-electron chi connectivity index (χ1n) is 10.0. The van der Waals surface area contributed by atoms with Crippen LogP contribution in [0.5, 0.6) is 0 Å². The quantitative estimate of drug-likeness (QED) is 0.782. The number of carbonyl (C=O) groups excluding carboxylic acids is 1. The predicted molar refractivity (Wildman–Crippen MR) is 97.4 cm³/mol. The Morgan fingerprint density at radius 3 is 2.54 bits per heavy atom. The van der Waals surface area contributed by atoms with E-state index in [1.54, 1.807) is 0 Å². The average molecular weight is 389 g/mol. The number of likely N-dealkylation sites (tertiary alicyclic amines) is 1. The van der Waals surface area contributed by atoms with E-state index in [4.69, 9.17) is 0 Å². The number of nitrogens with zero attached hydrogens (tertiary/aromatic N) is 3. The van der Waals surface area contributed by atoms with Gasteiger partial charge in [-0.15, -0.1) is 0 Å². The fraction of sp³-hybridized carbons (Fsp3) is 0.524. The standard InChI is InChI=1S/C21H22F3N3O/c22-21(23,24)20-17-4-1-2-5-18(17)27(25-20)15-8-7-13-10-16(12-14(13)11-15)26-9-3-6-19(26)28/h7-8,11,16H,1-6,9-10,12H2/t16-/m0/s1. The Hall–Kier alpha value is -2.31. The van der Waals surface area contributed by atoms with E-state index in [-0.39, 0.29) is 11.9 Å². The summed E-state index contributed by atoms with van der Waals surface area (Å²) in [5.74, 6) is 0.217. The maximum Gasteiger partial charge on any atom is 0.435 e. The Morgan fingerprint density at radius 1 is 1.00 bits per heavy atom. The number of rotatable bonds is 2. The Morgan fingerprint density at radius 2 is 1.79 bits per heavy atom. The zero-order chi connectivity index (χ0) is 19.5. The van der Waals surface area contributed by atoms with Gasteiger partial charge >= 0.3 is 6.18 Å². The van der Waals surface area contributed by atoms with Gasteiger partial charge in [0.05, 0.1) is 5.69 Å². The van der Waals surface area contributed by atoms with Crippen molar-refractivity contribution in [2.45, 2.75) is 63.6 Å². The van der Waals surface area contributed by atoms with Gasteiger partial charge in [0, 0.05) is 30.3 Å². The lowest BCUT2D eigenvalue weighted by Crippen LogP contribution is -2.36. The van der Waals surface area contributed by atoms with Crippen molar-refractivity contribution in [1.82, 2.24) is 14.7 Å². The van der Waals surface area contributed by atoms with Gasteiger partial charge in [-0.3, -0.25) is 4.79 Å². The van der Waals surface area contributed by atoms with E-state index < -0.39 is 11.9 Å². The molecule has 0 N–H and O–H groups in total. The Balaban J connectivity index is 1.50. The van der Waals surface area contributed by atoms with Crippen LogP contribution >= 0.6 is 0 Å². The van der Waals surface area contributed by atoms with Gasteiger partial charge < -0.3 is 4.90 Å². The third-order valence-corrected chi connectivity index (χ3v) is 6.35. The molecule has 2 aliphatic carbocycles. The summed E-state index contributed by atoms with van der Waals surface area (Å²) in [6.45, 7) is 0.811. The molecular formula is C21H22F3N3O. The van der Waals surface area contributed by atoms with Crippen LogP contribution in [0.3, 0.4) is 0 Å². The molecular weight excluding hydrogens is 367 g/mol. The minimum absolute atomic E-state index is 0.178. The topological polar surface area (TPSA) is 38.1 Å². The summed E-state index contributed by atoms with van der Waals surface area (Å²) in [5, 5.41) is 3.99. The molecule has 0 unspecified atom stereocenters. The van der Waals surface area contributed by atoms with Crippen LogP contribution in [0.4, 0.5) is 13.2 Å². The molecule has 1 amide bonds. The number of fused-ring (bicyclic) bond motifs is 2. The lowest BCUT2D eigenvalue weighted by Gasteiger charge is -2.23. The summed E-state index contributed by atoms with van der Waals surface area (Å²) in [6.07, 6.45) is 1.43. The second-order valence-electron chi connectivity index (χ2n) is 8.10. The van der Waals surface area contributed by atoms with Gasteiger partial charge in [-0.25, -0.2) is 4.68 Å². The van der Waals surface area contributed by atoms with Crippen molar-refractivity contribution in [2.75, 3.05) is 6.54 Å². The van der Waals surface area contributed by atoms with E-state index in [9.17, 15) is 18.0 Å². The van der Waals surface area contributed by atoms with Crippen molar-refractivity contribution < 1.29 is 18.0 Å². The highest BCUT2D eigenvalue weighted by Crippen LogP contribution is 2.37. The van der Waals surface area contributed by atoms with Gasteiger partial charge in [-0.2, -0.15) is 18.3 Å². The zero-order valence-electron chi connectivity index (χ0n) is 15.6. The van der Waals surface area contributed by atoms with Crippen molar-refractivity contribution in [2.24, 2.45) is 0 Å². The maximum absolute atomic E-state index is 13.5. The monoisotopic (exact) mass is 389 g/mol. The van der Waals surface area contributed by atoms with Crippen LogP contribution in [0.25, 0.3) is 5.69 Å². The van der Waals surface area contributed by atoms with Crippen LogP contribution in [-0.2, 0) is 36.7 Å². The molecule has 4 nitrogen and oxygen atoms in total. The molecule has 5 rings (SSSR count). The van der Waals surface area contributed by atoms with E-state index >= 15 is 0 Å². The highest BCUT2D eigenvalue weighted by Gasteiger charge is 2.40. The van der Waals surface area contributed by atoms with E-state index in [1.807, 2.05) is 23.1 Å². The number of benzene rings is 1. The highest BCUT2D eigenvalue weighted by molar-refractivity contribution is 5.78. The second kappa shape index (κ2) is 6.36. The number of carbonyl (C=O) groups is 1. The second-order valence-corrected chi connectivity index (χ2v) is 8.10. The van der Waals surface area contributed by atoms with E-state index in [2.05, 4.69) is 5.10 Å². The minimum atomic E-state index is -4.43. The van der Waals surface area contributed by atoms with Gasteiger partial charge in [0.25, 0.3) is 0 Å². The van der Waals surface area contributed by atoms with Crippen molar-refractivity contribution in [3.8, 4) is 5.69 Å². The molecule has 1 fully saturated rings. The van der Waals surface area contributed by atoms with Gasteiger partial charge in [-0.1, -0.05) is 6.07 Å². The molecule has 0 saturated carbocycles. The highest BCUT2D eigenvalue weighted by atomic mass is 19.4. The van der Waals surface area contributed by atoms with E-state index in [0.29, 0.717) is 36.2 Å². The fourth-order valence-corrected chi connectivity index (χ4v) is 5.03. The van der Waals surface area contributed by atoms with E-state index in [1.165, 1.54) is 10.2 Å². The summed E-state index contributed by atoms with van der Waals surface area (Å²) in [7, 11) is 0. The minimum Gasteiger partial charge on any atom is -0.339 e. The number of amides is 1. The van der Waals surface area contributed by atoms with Gasteiger partial charge in [0.2, 0.25) is 5.91 Å². The number of aromatic nitrogens is 2. The van der Waals surface area contributed by atoms with Crippen LogP contribution in [0.15, 0.2) is 18.2 Å². The summed E-state index contributed by atoms with van der Waals surface area (Å²) in [6, 6.07) is 6.01. The Kier molecular flexibility index (Phi) is 4.03. The number of hydrogen-bond acceptors (Lipinski definition) is 2. The molecule has 2 heterocycles. The predicted octanol–water partition coefficient (Wildman–Crippen LogP) is 3.86. The van der Waals surface area contributed by atoms with Crippen molar-refractivity contribution in [3.63, 3.8) is 0 Å². The molecule has 2 aromatic rings. The first kappa shape index (κ1) is 17.8. The molecule has 1 aromatic heterocycles. The van der Waals surface area contributed by atoms with Gasteiger partial charge in [0.15, 0.2) is 5.69 Å². The Labute approximate surface area is 161 Å². The smallest absolute Gasteiger partial charge is 0.339 e. The van der Waals surface area contributed by atoms with Crippen LogP contribution < -0.4 is 0 Å². The van der Waals surface area contributed by atoms with E-state index in [0.717, 1.165) is 44.2 Å². The first-order valence-corrected chi connectivity index (χ1v) is 10.0. The van der Waals surface area contributed by atoms with Gasteiger partial charge in [-0.05, 0) is 68.2 Å². The van der Waals surface area contributed by atoms with Crippen molar-refractivity contribution in [3.05, 3.63) is 46.3 Å². The molecule has 7 heteroatoms. The molecule has 28 heavy (non-hydrogen) atoms. The summed E-state index contributed by atoms with van der Waals surface area (Å²) >= 11 is 0. The molecule has 3 aliphatic rings. The lowest BCUT2D eigenvalue weighted by molar-refractivity contribution is -0.142. The third-order valence-electron chi connectivity index (χ3n) is 6.35. The Bertz CT molecular complexity index is 947. The number of halogens is 3. The molecule has 148 valence electrons. The van der Waals surface area contributed by atoms with Crippen molar-refractivity contribution in [1.29, 1.82) is 0 Å². The molecule has 0 spiro atoms. The normalized spacial score (nSPS) is 21.9. The molecule has 1 atom stereocenters. The summed E-state index contributed by atoms with van der Waals surface area (Å²) < 4.78 is 41.9. The summed E-state index contributed by atoms with van der Waals surface area (Å²) in [4.78, 5) is 14.0. The van der Waals surface area contributed by atoms with Crippen LogP contribution in [0.1, 0.15) is 53.8 Å². The number of hydrogen-bond donors (Lipinski definition) is 0. The fourth-order valence-electron chi connectivity index (χ4n) is 5.03. The van der Waals surface area contributed by atoms with Crippen LogP contribution in [0.2, 0.25) is 0 Å². The maximum atomic E-state index is 13.5. The molecule has 1 saturated heterocycles. The lowest BCUT2D eigenvalue weighted by atomic mass is 9.95. The number of alkyl halides is 3. The molecule has 1 aromatic carbocycles. The van der Waals surface area contributed by atoms with Crippen molar-refractivity contribution >= 4 is 5.91 Å². The average Bonchev–Trinajstić information content (AvgIpc) is 3.35. The van der Waals surface area contributed by atoms with Crippen LogP contribution in [-0.4, -0.2) is 33.2 Å². The SMILES string of the molecule is O=C1CCCN1[C@H]1Cc2ccc(-n3nc(C(F)(F)F)c4c3CCCC4)cc2C1. The van der Waals surface area contributed by atoms with Crippen LogP contribution in [0, 0.1) is 0 Å². The molecule has 0 radical (unpaired) electrons. The van der Waals surface area contributed by atoms with Gasteiger partial charge in [0.1, 0.15) is 0 Å². The zero-order valence-corrected chi connectivity index (χ0v) is 15.6. The summed E-state index contributed by atoms with van der Waals surface area (Å²) in [5.41, 5.74) is 3.33. The largest absolute Gasteiger partial charge is 0.435 e. The first-order chi connectivity index (χ1) is 13.4.